The van der Waals surface area contributed by atoms with E-state index in [9.17, 15) is 0 Å². The molecule has 1 atom stereocenters. The van der Waals surface area contributed by atoms with Gasteiger partial charge in [0.25, 0.3) is 0 Å². The third kappa shape index (κ3) is 3.14. The maximum absolute atomic E-state index is 6.46. The van der Waals surface area contributed by atoms with Crippen molar-refractivity contribution in [2.24, 2.45) is 5.73 Å². The smallest absolute Gasteiger partial charge is 0.0136 e. The number of nitrogens with two attached hydrogens (primary N) is 1. The van der Waals surface area contributed by atoms with E-state index in [0.29, 0.717) is 11.5 Å². The van der Waals surface area contributed by atoms with Gasteiger partial charge in [-0.05, 0) is 24.8 Å². The quantitative estimate of drug-likeness (QED) is 0.675. The Morgan fingerprint density at radius 1 is 1.06 bits per heavy atom. The highest BCUT2D eigenvalue weighted by Gasteiger charge is 2.48. The van der Waals surface area contributed by atoms with Crippen LogP contribution in [0, 0.1) is 0 Å². The fraction of sp³-hybridized carbons (Fsp3) is 0.647. The minimum Gasteiger partial charge on any atom is -0.327 e. The van der Waals surface area contributed by atoms with Crippen LogP contribution in [0.4, 0.5) is 0 Å². The van der Waals surface area contributed by atoms with Crippen molar-refractivity contribution in [2.45, 2.75) is 69.7 Å². The Hall–Kier alpha value is -0.820. The summed E-state index contributed by atoms with van der Waals surface area (Å²) >= 11 is 0. The lowest BCUT2D eigenvalue weighted by molar-refractivity contribution is 0.456. The predicted octanol–water partition coefficient (Wildman–Crippen LogP) is 4.41. The van der Waals surface area contributed by atoms with Gasteiger partial charge in [0.05, 0.1) is 0 Å². The Labute approximate surface area is 112 Å². The molecule has 0 spiro atoms. The largest absolute Gasteiger partial charge is 0.327 e. The van der Waals surface area contributed by atoms with Gasteiger partial charge in [-0.15, -0.1) is 0 Å². The van der Waals surface area contributed by atoms with Gasteiger partial charge in [-0.2, -0.15) is 0 Å². The molecule has 1 unspecified atom stereocenters. The van der Waals surface area contributed by atoms with E-state index in [0.717, 1.165) is 0 Å². The molecule has 1 saturated carbocycles. The molecular formula is C17H27N. The van der Waals surface area contributed by atoms with Gasteiger partial charge in [-0.3, -0.25) is 0 Å². The lowest BCUT2D eigenvalue weighted by atomic mass is 9.85. The molecule has 1 fully saturated rings. The fourth-order valence-corrected chi connectivity index (χ4v) is 3.02. The van der Waals surface area contributed by atoms with Crippen molar-refractivity contribution in [2.75, 3.05) is 0 Å². The molecule has 1 heteroatoms. The van der Waals surface area contributed by atoms with Crippen LogP contribution < -0.4 is 5.73 Å². The lowest BCUT2D eigenvalue weighted by Gasteiger charge is -2.24. The Morgan fingerprint density at radius 3 is 2.33 bits per heavy atom. The molecule has 0 aliphatic heterocycles. The summed E-state index contributed by atoms with van der Waals surface area (Å²) in [5.74, 6) is 0. The van der Waals surface area contributed by atoms with Gasteiger partial charge in [0.1, 0.15) is 0 Å². The molecule has 100 valence electrons. The highest BCUT2D eigenvalue weighted by Crippen LogP contribution is 2.51. The zero-order valence-corrected chi connectivity index (χ0v) is 11.7. The standard InChI is InChI=1S/C17H27N/c1-2-3-4-5-9-12-16(18)17(13-14-17)15-10-7-6-8-11-15/h6-8,10-11,16H,2-5,9,12-14,18H2,1H3. The van der Waals surface area contributed by atoms with Gasteiger partial charge in [0, 0.05) is 11.5 Å². The zero-order valence-electron chi connectivity index (χ0n) is 11.7. The van der Waals surface area contributed by atoms with Crippen LogP contribution in [0.2, 0.25) is 0 Å². The van der Waals surface area contributed by atoms with Gasteiger partial charge in [0.2, 0.25) is 0 Å². The molecular weight excluding hydrogens is 218 g/mol. The van der Waals surface area contributed by atoms with E-state index in [4.69, 9.17) is 5.73 Å². The average Bonchev–Trinajstić information content (AvgIpc) is 3.21. The van der Waals surface area contributed by atoms with Crippen molar-refractivity contribution in [1.29, 1.82) is 0 Å². The maximum Gasteiger partial charge on any atom is 0.0136 e. The molecule has 0 amide bonds. The van der Waals surface area contributed by atoms with Crippen LogP contribution in [0.15, 0.2) is 30.3 Å². The predicted molar refractivity (Wildman–Crippen MR) is 78.7 cm³/mol. The molecule has 1 aliphatic rings. The zero-order chi connectivity index (χ0) is 12.8. The second-order valence-electron chi connectivity index (χ2n) is 5.83. The van der Waals surface area contributed by atoms with E-state index >= 15 is 0 Å². The SMILES string of the molecule is CCCCCCCC(N)C1(c2ccccc2)CC1. The lowest BCUT2D eigenvalue weighted by Crippen LogP contribution is -2.34. The number of rotatable bonds is 8. The third-order valence-corrected chi connectivity index (χ3v) is 4.47. The summed E-state index contributed by atoms with van der Waals surface area (Å²) < 4.78 is 0. The molecule has 2 rings (SSSR count). The molecule has 1 nitrogen and oxygen atoms in total. The molecule has 2 N–H and O–H groups in total. The minimum atomic E-state index is 0.325. The Morgan fingerprint density at radius 2 is 1.72 bits per heavy atom. The Bertz CT molecular complexity index is 340. The number of hydrogen-bond donors (Lipinski definition) is 1. The van der Waals surface area contributed by atoms with Gasteiger partial charge in [-0.1, -0.05) is 69.4 Å². The molecule has 1 aromatic rings. The summed E-state index contributed by atoms with van der Waals surface area (Å²) in [5.41, 5.74) is 8.25. The number of unbranched alkanes of at least 4 members (excludes halogenated alkanes) is 4. The Balaban J connectivity index is 1.80. The molecule has 0 aromatic heterocycles. The third-order valence-electron chi connectivity index (χ3n) is 4.47. The topological polar surface area (TPSA) is 26.0 Å². The van der Waals surface area contributed by atoms with Crippen molar-refractivity contribution in [3.05, 3.63) is 35.9 Å². The first-order valence-electron chi connectivity index (χ1n) is 7.61. The summed E-state index contributed by atoms with van der Waals surface area (Å²) in [4.78, 5) is 0. The van der Waals surface area contributed by atoms with Crippen molar-refractivity contribution in [3.8, 4) is 0 Å². The molecule has 18 heavy (non-hydrogen) atoms. The first-order chi connectivity index (χ1) is 8.79. The van der Waals surface area contributed by atoms with E-state index in [1.165, 1.54) is 56.9 Å². The van der Waals surface area contributed by atoms with Crippen LogP contribution in [0.1, 0.15) is 63.9 Å². The van der Waals surface area contributed by atoms with Crippen LogP contribution in [-0.4, -0.2) is 6.04 Å². The van der Waals surface area contributed by atoms with E-state index in [-0.39, 0.29) is 0 Å². The van der Waals surface area contributed by atoms with Crippen LogP contribution in [-0.2, 0) is 5.41 Å². The van der Waals surface area contributed by atoms with E-state index in [1.807, 2.05) is 0 Å². The second-order valence-corrected chi connectivity index (χ2v) is 5.83. The molecule has 1 aromatic carbocycles. The molecule has 0 saturated heterocycles. The summed E-state index contributed by atoms with van der Waals surface area (Å²) in [6.45, 7) is 2.26. The van der Waals surface area contributed by atoms with Crippen LogP contribution in [0.3, 0.4) is 0 Å². The van der Waals surface area contributed by atoms with Gasteiger partial charge < -0.3 is 5.73 Å². The Kier molecular flexibility index (Phi) is 4.82. The fourth-order valence-electron chi connectivity index (χ4n) is 3.02. The monoisotopic (exact) mass is 245 g/mol. The molecule has 0 heterocycles. The summed E-state index contributed by atoms with van der Waals surface area (Å²) in [5, 5.41) is 0. The summed E-state index contributed by atoms with van der Waals surface area (Å²) in [7, 11) is 0. The van der Waals surface area contributed by atoms with Crippen molar-refractivity contribution in [3.63, 3.8) is 0 Å². The van der Waals surface area contributed by atoms with Crippen molar-refractivity contribution < 1.29 is 0 Å². The molecule has 0 radical (unpaired) electrons. The first kappa shape index (κ1) is 13.6. The number of hydrogen-bond acceptors (Lipinski definition) is 1. The second kappa shape index (κ2) is 6.38. The van der Waals surface area contributed by atoms with Gasteiger partial charge >= 0.3 is 0 Å². The number of benzene rings is 1. The van der Waals surface area contributed by atoms with Crippen LogP contribution in [0.25, 0.3) is 0 Å². The highest BCUT2D eigenvalue weighted by atomic mass is 14.7. The summed E-state index contributed by atoms with van der Waals surface area (Å²) in [6.07, 6.45) is 10.5. The van der Waals surface area contributed by atoms with Crippen LogP contribution in [0.5, 0.6) is 0 Å². The summed E-state index contributed by atoms with van der Waals surface area (Å²) in [6, 6.07) is 11.2. The van der Waals surface area contributed by atoms with E-state index in [2.05, 4.69) is 37.3 Å². The molecule has 1 aliphatic carbocycles. The maximum atomic E-state index is 6.46. The minimum absolute atomic E-state index is 0.325. The van der Waals surface area contributed by atoms with Crippen molar-refractivity contribution >= 4 is 0 Å². The van der Waals surface area contributed by atoms with E-state index in [1.54, 1.807) is 0 Å². The van der Waals surface area contributed by atoms with Gasteiger partial charge in [0.15, 0.2) is 0 Å². The first-order valence-corrected chi connectivity index (χ1v) is 7.61. The van der Waals surface area contributed by atoms with E-state index < -0.39 is 0 Å². The highest BCUT2D eigenvalue weighted by molar-refractivity contribution is 5.33. The normalized spacial score (nSPS) is 18.6. The van der Waals surface area contributed by atoms with Crippen LogP contribution >= 0.6 is 0 Å². The average molecular weight is 245 g/mol. The van der Waals surface area contributed by atoms with Crippen molar-refractivity contribution in [1.82, 2.24) is 0 Å². The molecule has 0 bridgehead atoms. The van der Waals surface area contributed by atoms with Gasteiger partial charge in [-0.25, -0.2) is 0 Å².